The van der Waals surface area contributed by atoms with Crippen LogP contribution in [0.2, 0.25) is 0 Å². The van der Waals surface area contributed by atoms with Crippen LogP contribution in [-0.4, -0.2) is 12.3 Å². The van der Waals surface area contributed by atoms with E-state index in [0.717, 1.165) is 0 Å². The molecule has 0 bridgehead atoms. The second-order valence-corrected chi connectivity index (χ2v) is 0.862. The van der Waals surface area contributed by atoms with Gasteiger partial charge in [0.25, 0.3) is 5.17 Å². The number of rotatable bonds is 0. The quantitative estimate of drug-likeness (QED) is 0.398. The highest BCUT2D eigenvalue weighted by molar-refractivity contribution is 7.79. The largest absolute Gasteiger partial charge is 0.473 e. The molecule has 0 saturated heterocycles. The van der Waals surface area contributed by atoms with E-state index < -0.39 is 0 Å². The zero-order chi connectivity index (χ0) is 4.28. The standard InChI is InChI=1S/C2H4NOS/c1-4-2(3)5/h3H,1H3. The van der Waals surface area contributed by atoms with E-state index in [4.69, 9.17) is 5.73 Å². The minimum atomic E-state index is -0.162. The van der Waals surface area contributed by atoms with Gasteiger partial charge in [0.1, 0.15) is 0 Å². The van der Waals surface area contributed by atoms with Crippen LogP contribution in [-0.2, 0) is 4.74 Å². The predicted octanol–water partition coefficient (Wildman–Crippen LogP) is 0.201. The van der Waals surface area contributed by atoms with Gasteiger partial charge in [0.15, 0.2) is 0 Å². The van der Waals surface area contributed by atoms with Gasteiger partial charge in [0, 0.05) is 0 Å². The fraction of sp³-hybridized carbons (Fsp3) is 0.500. The smallest absolute Gasteiger partial charge is 0.275 e. The Morgan fingerprint density at radius 3 is 2.20 bits per heavy atom. The van der Waals surface area contributed by atoms with Gasteiger partial charge >= 0.3 is 0 Å². The first-order chi connectivity index (χ1) is 2.27. The molecule has 0 aromatic carbocycles. The lowest BCUT2D eigenvalue weighted by atomic mass is 11.3. The third-order valence-corrected chi connectivity index (χ3v) is 0.352. The zero-order valence-electron chi connectivity index (χ0n) is 2.82. The highest BCUT2D eigenvalue weighted by atomic mass is 32.1. The molecule has 0 unspecified atom stereocenters. The molecule has 0 aliphatic heterocycles. The van der Waals surface area contributed by atoms with E-state index in [1.807, 2.05) is 0 Å². The summed E-state index contributed by atoms with van der Waals surface area (Å²) in [6.45, 7) is 0. The van der Waals surface area contributed by atoms with Crippen molar-refractivity contribution in [1.29, 1.82) is 0 Å². The summed E-state index contributed by atoms with van der Waals surface area (Å²) in [5.41, 5.74) is 6.34. The van der Waals surface area contributed by atoms with Crippen LogP contribution < -0.4 is 5.73 Å². The first-order valence-electron chi connectivity index (χ1n) is 1.07. The summed E-state index contributed by atoms with van der Waals surface area (Å²) < 4.78 is 4.15. The molecule has 0 spiro atoms. The average Bonchev–Trinajstić information content (AvgIpc) is 1.38. The molecule has 0 aliphatic rings. The Morgan fingerprint density at radius 2 is 2.20 bits per heavy atom. The summed E-state index contributed by atoms with van der Waals surface area (Å²) >= 11 is 4.14. The molecule has 0 rings (SSSR count). The van der Waals surface area contributed by atoms with Crippen LogP contribution in [0.3, 0.4) is 0 Å². The van der Waals surface area contributed by atoms with E-state index in [1.54, 1.807) is 0 Å². The molecule has 0 fully saturated rings. The van der Waals surface area contributed by atoms with Gasteiger partial charge in [-0.15, -0.1) is 0 Å². The van der Waals surface area contributed by atoms with Crippen LogP contribution in [0.5, 0.6) is 0 Å². The Bertz CT molecular complexity index is 44.9. The molecule has 5 heavy (non-hydrogen) atoms. The number of hydrogen-bond donors (Lipinski definition) is 0. The van der Waals surface area contributed by atoms with E-state index in [2.05, 4.69) is 17.0 Å². The lowest BCUT2D eigenvalue weighted by Crippen LogP contribution is -1.93. The molecule has 0 heterocycles. The molecule has 29 valence electrons. The maximum absolute atomic E-state index is 6.34. The number of methoxy groups -OCH3 is 1. The first kappa shape index (κ1) is 4.69. The SMILES string of the molecule is COC([NH])=S. The summed E-state index contributed by atoms with van der Waals surface area (Å²) in [4.78, 5) is 0. The highest BCUT2D eigenvalue weighted by Gasteiger charge is 1.71. The van der Waals surface area contributed by atoms with Gasteiger partial charge < -0.3 is 4.74 Å². The summed E-state index contributed by atoms with van der Waals surface area (Å²) in [6, 6.07) is 0. The second-order valence-electron chi connectivity index (χ2n) is 0.492. The lowest BCUT2D eigenvalue weighted by molar-refractivity contribution is 0.406. The summed E-state index contributed by atoms with van der Waals surface area (Å²) in [7, 11) is 1.37. The molecule has 1 N–H and O–H groups in total. The minimum Gasteiger partial charge on any atom is -0.473 e. The van der Waals surface area contributed by atoms with Crippen molar-refractivity contribution in [1.82, 2.24) is 5.73 Å². The van der Waals surface area contributed by atoms with Crippen molar-refractivity contribution in [2.45, 2.75) is 0 Å². The van der Waals surface area contributed by atoms with Gasteiger partial charge in [0.2, 0.25) is 0 Å². The molecule has 0 aliphatic carbocycles. The fourth-order valence-corrected chi connectivity index (χ4v) is 0. The van der Waals surface area contributed by atoms with Gasteiger partial charge in [0.05, 0.1) is 7.11 Å². The maximum Gasteiger partial charge on any atom is 0.275 e. The van der Waals surface area contributed by atoms with Crippen LogP contribution in [0.1, 0.15) is 0 Å². The molecule has 0 aromatic heterocycles. The van der Waals surface area contributed by atoms with Crippen LogP contribution in [0.4, 0.5) is 0 Å². The van der Waals surface area contributed by atoms with Crippen molar-refractivity contribution < 1.29 is 4.74 Å². The molecule has 0 atom stereocenters. The predicted molar refractivity (Wildman–Crippen MR) is 22.7 cm³/mol. The third-order valence-electron chi connectivity index (χ3n) is 0.185. The normalized spacial score (nSPS) is 6.60. The molecule has 0 saturated carbocycles. The van der Waals surface area contributed by atoms with E-state index in [-0.39, 0.29) is 5.17 Å². The van der Waals surface area contributed by atoms with Crippen molar-refractivity contribution in [3.8, 4) is 0 Å². The number of thiocarbonyl (C=S) groups is 1. The monoisotopic (exact) mass is 90.0 g/mol. The number of hydrogen-bond acceptors (Lipinski definition) is 2. The van der Waals surface area contributed by atoms with Crippen molar-refractivity contribution >= 4 is 17.4 Å². The van der Waals surface area contributed by atoms with Crippen LogP contribution in [0, 0.1) is 0 Å². The zero-order valence-corrected chi connectivity index (χ0v) is 3.63. The van der Waals surface area contributed by atoms with E-state index in [0.29, 0.717) is 0 Å². The van der Waals surface area contributed by atoms with Gasteiger partial charge in [-0.1, -0.05) is 0 Å². The number of ether oxygens (including phenoxy) is 1. The van der Waals surface area contributed by atoms with Gasteiger partial charge in [-0.25, -0.2) is 0 Å². The molecule has 0 amide bonds. The van der Waals surface area contributed by atoms with Crippen LogP contribution in [0.25, 0.3) is 0 Å². The highest BCUT2D eigenvalue weighted by Crippen LogP contribution is 1.61. The Kier molecular flexibility index (Phi) is 1.84. The Morgan fingerprint density at radius 1 is 2.00 bits per heavy atom. The fourth-order valence-electron chi connectivity index (χ4n) is 0. The van der Waals surface area contributed by atoms with E-state index >= 15 is 0 Å². The van der Waals surface area contributed by atoms with Crippen LogP contribution in [0.15, 0.2) is 0 Å². The average molecular weight is 90.1 g/mol. The molecule has 0 aromatic rings. The molecule has 2 nitrogen and oxygen atoms in total. The van der Waals surface area contributed by atoms with Gasteiger partial charge in [-0.3, -0.25) is 5.73 Å². The summed E-state index contributed by atoms with van der Waals surface area (Å²) in [6.07, 6.45) is 0. The Balaban J connectivity index is 2.85. The summed E-state index contributed by atoms with van der Waals surface area (Å²) in [5.74, 6) is 0. The van der Waals surface area contributed by atoms with Crippen molar-refractivity contribution in [3.63, 3.8) is 0 Å². The first-order valence-corrected chi connectivity index (χ1v) is 1.47. The molecular formula is C2H4NOS. The van der Waals surface area contributed by atoms with Gasteiger partial charge in [-0.05, 0) is 12.2 Å². The van der Waals surface area contributed by atoms with Gasteiger partial charge in [-0.2, -0.15) is 0 Å². The lowest BCUT2D eigenvalue weighted by Gasteiger charge is -1.83. The van der Waals surface area contributed by atoms with Crippen LogP contribution >= 0.6 is 12.2 Å². The third kappa shape index (κ3) is 3.69. The molecule has 1 radical (unpaired) electrons. The maximum atomic E-state index is 6.34. The molecule has 3 heteroatoms. The molecular weight excluding hydrogens is 86.1 g/mol. The van der Waals surface area contributed by atoms with E-state index in [1.165, 1.54) is 7.11 Å². The topological polar surface area (TPSA) is 33.0 Å². The van der Waals surface area contributed by atoms with Crippen molar-refractivity contribution in [2.24, 2.45) is 0 Å². The summed E-state index contributed by atoms with van der Waals surface area (Å²) in [5, 5.41) is -0.162. The minimum absolute atomic E-state index is 0.162. The number of nitrogens with one attached hydrogen (secondary N) is 1. The Hall–Kier alpha value is -0.310. The second kappa shape index (κ2) is 1.96. The van der Waals surface area contributed by atoms with Crippen molar-refractivity contribution in [3.05, 3.63) is 0 Å². The van der Waals surface area contributed by atoms with E-state index in [9.17, 15) is 0 Å². The van der Waals surface area contributed by atoms with Crippen molar-refractivity contribution in [2.75, 3.05) is 7.11 Å². The Labute approximate surface area is 35.9 Å².